The number of halogens is 5. The van der Waals surface area contributed by atoms with Crippen LogP contribution in [-0.2, 0) is 3.79 Å². The molecule has 1 heterocycles. The molecule has 1 aromatic heterocycles. The number of alkyl halides is 3. The first kappa shape index (κ1) is 11.4. The van der Waals surface area contributed by atoms with E-state index in [0.717, 1.165) is 0 Å². The van der Waals surface area contributed by atoms with Crippen LogP contribution in [0.15, 0.2) is 0 Å². The fourth-order valence-corrected chi connectivity index (χ4v) is 1.04. The zero-order valence-corrected chi connectivity index (χ0v) is 9.51. The van der Waals surface area contributed by atoms with Crippen LogP contribution in [0, 0.1) is 0 Å². The van der Waals surface area contributed by atoms with Gasteiger partial charge in [0, 0.05) is 0 Å². The summed E-state index contributed by atoms with van der Waals surface area (Å²) in [5.41, 5.74) is 0. The number of aromatic hydroxyl groups is 1. The Morgan fingerprint density at radius 2 is 1.62 bits per heavy atom. The van der Waals surface area contributed by atoms with Crippen LogP contribution in [0.2, 0.25) is 10.2 Å². The predicted molar refractivity (Wildman–Crippen MR) is 53.0 cm³/mol. The number of nitrogens with zero attached hydrogens (tertiary/aromatic N) is 2. The largest absolute Gasteiger partial charge is 0.492 e. The smallest absolute Gasteiger partial charge is 0.250 e. The lowest BCUT2D eigenvalue weighted by Crippen LogP contribution is -2.07. The van der Waals surface area contributed by atoms with E-state index in [-0.39, 0.29) is 16.0 Å². The Labute approximate surface area is 98.5 Å². The summed E-state index contributed by atoms with van der Waals surface area (Å²) in [6, 6.07) is 0. The predicted octanol–water partition coefficient (Wildman–Crippen LogP) is 3.32. The van der Waals surface area contributed by atoms with Gasteiger partial charge < -0.3 is 5.11 Å². The molecular weight excluding hydrogens is 281 g/mol. The molecule has 0 unspecified atom stereocenters. The first-order chi connectivity index (χ1) is 5.82. The second kappa shape index (κ2) is 3.83. The average Bonchev–Trinajstić information content (AvgIpc) is 1.97. The van der Waals surface area contributed by atoms with Gasteiger partial charge in [0.2, 0.25) is 9.67 Å². The molecule has 0 saturated heterocycles. The van der Waals surface area contributed by atoms with Crippen molar-refractivity contribution in [1.82, 2.24) is 9.97 Å². The molecule has 0 atom stereocenters. The Hall–Kier alpha value is 0.330. The van der Waals surface area contributed by atoms with Crippen LogP contribution in [0.5, 0.6) is 5.88 Å². The molecule has 0 aliphatic heterocycles. The maximum atomic E-state index is 9.10. The first-order valence-corrected chi connectivity index (χ1v) is 4.70. The van der Waals surface area contributed by atoms with E-state index in [1.807, 2.05) is 0 Å². The van der Waals surface area contributed by atoms with Crippen molar-refractivity contribution >= 4 is 58.0 Å². The lowest BCUT2D eigenvalue weighted by atomic mass is 10.5. The number of aromatic nitrogens is 2. The Morgan fingerprint density at radius 3 is 2.00 bits per heavy atom. The van der Waals surface area contributed by atoms with Crippen LogP contribution in [0.25, 0.3) is 0 Å². The molecule has 1 aromatic rings. The second-order valence-electron chi connectivity index (χ2n) is 1.97. The summed E-state index contributed by atoms with van der Waals surface area (Å²) >= 11 is 27.3. The lowest BCUT2D eigenvalue weighted by Gasteiger charge is -2.09. The number of rotatable bonds is 0. The van der Waals surface area contributed by atoms with Gasteiger partial charge in [0.1, 0.15) is 5.02 Å². The highest BCUT2D eigenvalue weighted by molar-refractivity contribution is 6.66. The van der Waals surface area contributed by atoms with E-state index in [2.05, 4.69) is 9.97 Å². The summed E-state index contributed by atoms with van der Waals surface area (Å²) in [6.45, 7) is 0. The Balaban J connectivity index is 3.29. The van der Waals surface area contributed by atoms with E-state index in [1.54, 1.807) is 0 Å². The molecule has 1 N–H and O–H groups in total. The van der Waals surface area contributed by atoms with Crippen LogP contribution >= 0.6 is 58.0 Å². The van der Waals surface area contributed by atoms with Crippen molar-refractivity contribution in [3.05, 3.63) is 16.0 Å². The normalized spacial score (nSPS) is 11.8. The maximum Gasteiger partial charge on any atom is 0.250 e. The minimum atomic E-state index is -1.84. The summed E-state index contributed by atoms with van der Waals surface area (Å²) < 4.78 is -1.84. The molecule has 0 spiro atoms. The molecule has 0 aliphatic rings. The Kier molecular flexibility index (Phi) is 3.36. The minimum Gasteiger partial charge on any atom is -0.492 e. The third kappa shape index (κ3) is 2.64. The van der Waals surface area contributed by atoms with Crippen LogP contribution < -0.4 is 0 Å². The van der Waals surface area contributed by atoms with Crippen LogP contribution in [0.4, 0.5) is 0 Å². The van der Waals surface area contributed by atoms with Crippen LogP contribution in [0.1, 0.15) is 5.82 Å². The summed E-state index contributed by atoms with van der Waals surface area (Å²) in [6.07, 6.45) is 0. The summed E-state index contributed by atoms with van der Waals surface area (Å²) in [4.78, 5) is 7.01. The van der Waals surface area contributed by atoms with Gasteiger partial charge in [-0.05, 0) is 0 Å². The van der Waals surface area contributed by atoms with Gasteiger partial charge in [-0.15, -0.1) is 0 Å². The monoisotopic (exact) mass is 280 g/mol. The van der Waals surface area contributed by atoms with E-state index in [1.165, 1.54) is 0 Å². The van der Waals surface area contributed by atoms with Crippen molar-refractivity contribution in [2.24, 2.45) is 0 Å². The SMILES string of the molecule is Oc1nc(C(Cl)(Cl)Cl)nc(Cl)c1Cl. The van der Waals surface area contributed by atoms with Gasteiger partial charge >= 0.3 is 0 Å². The van der Waals surface area contributed by atoms with Gasteiger partial charge in [0.15, 0.2) is 11.0 Å². The zero-order valence-electron chi connectivity index (χ0n) is 5.73. The molecule has 0 saturated carbocycles. The molecule has 0 aliphatic carbocycles. The standard InChI is InChI=1S/C5HCl5N2O/c6-1-2(7)11-4(5(8,9)10)12-3(1)13/h(H,11,12,13). The third-order valence-corrected chi connectivity index (χ3v) is 2.27. The van der Waals surface area contributed by atoms with E-state index in [9.17, 15) is 0 Å². The molecular formula is C5HCl5N2O. The highest BCUT2D eigenvalue weighted by atomic mass is 35.6. The summed E-state index contributed by atoms with van der Waals surface area (Å²) in [5.74, 6) is -0.757. The van der Waals surface area contributed by atoms with Crippen LogP contribution in [0.3, 0.4) is 0 Å². The topological polar surface area (TPSA) is 46.0 Å². The van der Waals surface area contributed by atoms with E-state index in [4.69, 9.17) is 63.1 Å². The molecule has 3 nitrogen and oxygen atoms in total. The highest BCUT2D eigenvalue weighted by Crippen LogP contribution is 2.39. The summed E-state index contributed by atoms with van der Waals surface area (Å²) in [7, 11) is 0. The van der Waals surface area contributed by atoms with Crippen molar-refractivity contribution in [3.63, 3.8) is 0 Å². The molecule has 0 amide bonds. The quantitative estimate of drug-likeness (QED) is 0.586. The maximum absolute atomic E-state index is 9.10. The molecule has 8 heteroatoms. The molecule has 0 aromatic carbocycles. The van der Waals surface area contributed by atoms with Crippen molar-refractivity contribution in [1.29, 1.82) is 0 Å². The van der Waals surface area contributed by atoms with Gasteiger partial charge in [-0.25, -0.2) is 4.98 Å². The molecule has 0 bridgehead atoms. The Bertz CT molecular complexity index is 313. The number of hydrogen-bond donors (Lipinski definition) is 1. The zero-order chi connectivity index (χ0) is 10.2. The average molecular weight is 282 g/mol. The molecule has 72 valence electrons. The molecule has 0 fully saturated rings. The van der Waals surface area contributed by atoms with Crippen molar-refractivity contribution in [3.8, 4) is 5.88 Å². The third-order valence-electron chi connectivity index (χ3n) is 1.05. The van der Waals surface area contributed by atoms with Gasteiger partial charge in [-0.3, -0.25) is 0 Å². The second-order valence-corrected chi connectivity index (χ2v) is 4.99. The summed E-state index contributed by atoms with van der Waals surface area (Å²) in [5, 5.41) is 8.75. The molecule has 0 radical (unpaired) electrons. The highest BCUT2D eigenvalue weighted by Gasteiger charge is 2.28. The van der Waals surface area contributed by atoms with E-state index < -0.39 is 9.67 Å². The van der Waals surface area contributed by atoms with Gasteiger partial charge in [-0.2, -0.15) is 4.98 Å². The molecule has 1 rings (SSSR count). The van der Waals surface area contributed by atoms with E-state index >= 15 is 0 Å². The fraction of sp³-hybridized carbons (Fsp3) is 0.200. The molecule has 13 heavy (non-hydrogen) atoms. The first-order valence-electron chi connectivity index (χ1n) is 2.81. The fourth-order valence-electron chi connectivity index (χ4n) is 0.535. The van der Waals surface area contributed by atoms with Crippen molar-refractivity contribution < 1.29 is 5.11 Å². The lowest BCUT2D eigenvalue weighted by molar-refractivity contribution is 0.449. The van der Waals surface area contributed by atoms with Gasteiger partial charge in [0.25, 0.3) is 0 Å². The Morgan fingerprint density at radius 1 is 1.08 bits per heavy atom. The van der Waals surface area contributed by atoms with E-state index in [0.29, 0.717) is 0 Å². The number of hydrogen-bond acceptors (Lipinski definition) is 3. The van der Waals surface area contributed by atoms with Crippen molar-refractivity contribution in [2.75, 3.05) is 0 Å². The van der Waals surface area contributed by atoms with Crippen molar-refractivity contribution in [2.45, 2.75) is 3.79 Å². The van der Waals surface area contributed by atoms with Gasteiger partial charge in [0.05, 0.1) is 0 Å². The minimum absolute atomic E-state index is 0.171. The van der Waals surface area contributed by atoms with Gasteiger partial charge in [-0.1, -0.05) is 58.0 Å². The van der Waals surface area contributed by atoms with Crippen LogP contribution in [-0.4, -0.2) is 15.1 Å².